The lowest BCUT2D eigenvalue weighted by Gasteiger charge is -2.16. The van der Waals surface area contributed by atoms with Crippen molar-refractivity contribution < 1.29 is 4.79 Å². The van der Waals surface area contributed by atoms with Crippen molar-refractivity contribution >= 4 is 5.91 Å². The molecule has 1 rings (SSSR count). The Kier molecular flexibility index (Phi) is 8.32. The van der Waals surface area contributed by atoms with Crippen LogP contribution in [0, 0.1) is 5.92 Å². The van der Waals surface area contributed by atoms with E-state index in [1.807, 2.05) is 0 Å². The molecule has 0 N–H and O–H groups in total. The van der Waals surface area contributed by atoms with Gasteiger partial charge in [-0.25, -0.2) is 0 Å². The van der Waals surface area contributed by atoms with Crippen LogP contribution < -0.4 is 0 Å². The summed E-state index contributed by atoms with van der Waals surface area (Å²) in [4.78, 5) is 13.3. The average Bonchev–Trinajstić information content (AvgIpc) is 2.71. The van der Waals surface area contributed by atoms with Gasteiger partial charge in [0.25, 0.3) is 5.91 Å². The van der Waals surface area contributed by atoms with Gasteiger partial charge in [-0.15, -0.1) is 0 Å². The van der Waals surface area contributed by atoms with Crippen molar-refractivity contribution in [2.75, 3.05) is 6.54 Å². The molecule has 0 atom stereocenters. The van der Waals surface area contributed by atoms with Gasteiger partial charge in [-0.1, -0.05) is 71.8 Å². The Labute approximate surface area is 124 Å². The molecule has 1 heterocycles. The van der Waals surface area contributed by atoms with Gasteiger partial charge < -0.3 is 4.90 Å². The molecule has 0 fully saturated rings. The maximum Gasteiger partial charge on any atom is 0.251 e. The van der Waals surface area contributed by atoms with E-state index in [9.17, 15) is 4.79 Å². The second kappa shape index (κ2) is 9.79. The van der Waals surface area contributed by atoms with E-state index in [1.165, 1.54) is 51.4 Å². The van der Waals surface area contributed by atoms with Gasteiger partial charge in [-0.05, 0) is 18.4 Å². The second-order valence-corrected chi connectivity index (χ2v) is 6.33. The Morgan fingerprint density at radius 1 is 0.950 bits per heavy atom. The van der Waals surface area contributed by atoms with Crippen LogP contribution in [-0.2, 0) is 4.79 Å². The standard InChI is InChI=1S/C18H31NO/c1-16(2)12-10-8-6-4-5-7-9-11-15-19-17(3)13-14-18(19)20/h13-14,16H,3-12,15H2,1-2H3. The Morgan fingerprint density at radius 2 is 1.50 bits per heavy atom. The number of hydrogen-bond acceptors (Lipinski definition) is 1. The molecule has 0 bridgehead atoms. The highest BCUT2D eigenvalue weighted by Gasteiger charge is 2.17. The molecular weight excluding hydrogens is 246 g/mol. The van der Waals surface area contributed by atoms with Crippen molar-refractivity contribution in [1.29, 1.82) is 0 Å². The number of rotatable bonds is 11. The molecule has 0 aromatic heterocycles. The molecule has 0 aromatic carbocycles. The molecule has 0 radical (unpaired) electrons. The summed E-state index contributed by atoms with van der Waals surface area (Å²) in [6, 6.07) is 0. The summed E-state index contributed by atoms with van der Waals surface area (Å²) in [5.41, 5.74) is 0.847. The minimum Gasteiger partial charge on any atom is -0.309 e. The first-order valence-electron chi connectivity index (χ1n) is 8.29. The topological polar surface area (TPSA) is 20.3 Å². The first kappa shape index (κ1) is 17.0. The summed E-state index contributed by atoms with van der Waals surface area (Å²) >= 11 is 0. The molecule has 0 aromatic rings. The van der Waals surface area contributed by atoms with Gasteiger partial charge >= 0.3 is 0 Å². The number of hydrogen-bond donors (Lipinski definition) is 0. The van der Waals surface area contributed by atoms with Crippen LogP contribution in [0.1, 0.15) is 71.6 Å². The van der Waals surface area contributed by atoms with Crippen molar-refractivity contribution in [1.82, 2.24) is 4.90 Å². The predicted octanol–water partition coefficient (Wildman–Crippen LogP) is 5.07. The van der Waals surface area contributed by atoms with Crippen LogP contribution in [0.3, 0.4) is 0 Å². The van der Waals surface area contributed by atoms with Crippen LogP contribution >= 0.6 is 0 Å². The number of allylic oxidation sites excluding steroid dienone is 1. The summed E-state index contributed by atoms with van der Waals surface area (Å²) in [5.74, 6) is 0.952. The molecule has 0 spiro atoms. The van der Waals surface area contributed by atoms with Gasteiger partial charge in [-0.3, -0.25) is 4.79 Å². The highest BCUT2D eigenvalue weighted by Crippen LogP contribution is 2.15. The van der Waals surface area contributed by atoms with Crippen LogP contribution in [0.25, 0.3) is 0 Å². The average molecular weight is 277 g/mol. The van der Waals surface area contributed by atoms with Crippen molar-refractivity contribution in [2.24, 2.45) is 5.92 Å². The molecule has 114 valence electrons. The fourth-order valence-electron chi connectivity index (χ4n) is 2.63. The SMILES string of the molecule is C=C1C=CC(=O)N1CCCCCCCCCCC(C)C. The zero-order valence-corrected chi connectivity index (χ0v) is 13.4. The Bertz CT molecular complexity index is 312. The molecule has 0 saturated heterocycles. The Morgan fingerprint density at radius 3 is 2.00 bits per heavy atom. The van der Waals surface area contributed by atoms with E-state index in [2.05, 4.69) is 20.4 Å². The van der Waals surface area contributed by atoms with Crippen molar-refractivity contribution in [3.05, 3.63) is 24.4 Å². The lowest BCUT2D eigenvalue weighted by atomic mass is 10.0. The smallest absolute Gasteiger partial charge is 0.251 e. The van der Waals surface area contributed by atoms with Crippen molar-refractivity contribution in [2.45, 2.75) is 71.6 Å². The third-order valence-electron chi connectivity index (χ3n) is 3.94. The first-order valence-corrected chi connectivity index (χ1v) is 8.29. The van der Waals surface area contributed by atoms with E-state index in [0.29, 0.717) is 0 Å². The number of carbonyl (C=O) groups excluding carboxylic acids is 1. The van der Waals surface area contributed by atoms with E-state index < -0.39 is 0 Å². The van der Waals surface area contributed by atoms with Gasteiger partial charge in [0.15, 0.2) is 0 Å². The van der Waals surface area contributed by atoms with Crippen molar-refractivity contribution in [3.63, 3.8) is 0 Å². The zero-order chi connectivity index (χ0) is 14.8. The minimum absolute atomic E-state index is 0.0974. The third kappa shape index (κ3) is 6.93. The summed E-state index contributed by atoms with van der Waals surface area (Å²) < 4.78 is 0. The molecule has 0 aliphatic carbocycles. The summed E-state index contributed by atoms with van der Waals surface area (Å²) in [5, 5.41) is 0. The van der Waals surface area contributed by atoms with Gasteiger partial charge in [0.2, 0.25) is 0 Å². The van der Waals surface area contributed by atoms with Crippen molar-refractivity contribution in [3.8, 4) is 0 Å². The van der Waals surface area contributed by atoms with Crippen LogP contribution in [-0.4, -0.2) is 17.4 Å². The molecule has 1 aliphatic rings. The minimum atomic E-state index is 0.0974. The summed E-state index contributed by atoms with van der Waals surface area (Å²) in [6.07, 6.45) is 15.3. The normalized spacial score (nSPS) is 14.8. The van der Waals surface area contributed by atoms with E-state index in [1.54, 1.807) is 17.1 Å². The highest BCUT2D eigenvalue weighted by atomic mass is 16.2. The highest BCUT2D eigenvalue weighted by molar-refractivity contribution is 5.92. The number of carbonyl (C=O) groups is 1. The van der Waals surface area contributed by atoms with Crippen LogP contribution in [0.5, 0.6) is 0 Å². The van der Waals surface area contributed by atoms with Crippen LogP contribution in [0.2, 0.25) is 0 Å². The maximum absolute atomic E-state index is 11.5. The largest absolute Gasteiger partial charge is 0.309 e. The molecule has 2 nitrogen and oxygen atoms in total. The van der Waals surface area contributed by atoms with E-state index in [0.717, 1.165) is 24.6 Å². The van der Waals surface area contributed by atoms with Crippen LogP contribution in [0.4, 0.5) is 0 Å². The molecule has 0 unspecified atom stereocenters. The number of unbranched alkanes of at least 4 members (excludes halogenated alkanes) is 7. The van der Waals surface area contributed by atoms with Gasteiger partial charge in [0.1, 0.15) is 0 Å². The fraction of sp³-hybridized carbons (Fsp3) is 0.722. The molecule has 0 saturated carbocycles. The third-order valence-corrected chi connectivity index (χ3v) is 3.94. The Balaban J connectivity index is 1.86. The fourth-order valence-corrected chi connectivity index (χ4v) is 2.63. The molecule has 2 heteroatoms. The number of nitrogens with zero attached hydrogens (tertiary/aromatic N) is 1. The maximum atomic E-state index is 11.5. The monoisotopic (exact) mass is 277 g/mol. The molecule has 20 heavy (non-hydrogen) atoms. The predicted molar refractivity (Wildman–Crippen MR) is 86.4 cm³/mol. The summed E-state index contributed by atoms with van der Waals surface area (Å²) in [6.45, 7) is 9.31. The Hall–Kier alpha value is -1.05. The molecule has 1 aliphatic heterocycles. The van der Waals surface area contributed by atoms with E-state index >= 15 is 0 Å². The van der Waals surface area contributed by atoms with E-state index in [-0.39, 0.29) is 5.91 Å². The van der Waals surface area contributed by atoms with E-state index in [4.69, 9.17) is 0 Å². The lowest BCUT2D eigenvalue weighted by Crippen LogP contribution is -2.24. The zero-order valence-electron chi connectivity index (χ0n) is 13.4. The first-order chi connectivity index (χ1) is 9.61. The second-order valence-electron chi connectivity index (χ2n) is 6.33. The number of amides is 1. The molecule has 1 amide bonds. The summed E-state index contributed by atoms with van der Waals surface area (Å²) in [7, 11) is 0. The van der Waals surface area contributed by atoms with Gasteiger partial charge in [-0.2, -0.15) is 0 Å². The van der Waals surface area contributed by atoms with Gasteiger partial charge in [0.05, 0.1) is 0 Å². The molecular formula is C18H31NO. The van der Waals surface area contributed by atoms with Crippen LogP contribution in [0.15, 0.2) is 24.4 Å². The lowest BCUT2D eigenvalue weighted by molar-refractivity contribution is -0.123. The van der Waals surface area contributed by atoms with Gasteiger partial charge in [0, 0.05) is 18.3 Å². The quantitative estimate of drug-likeness (QED) is 0.483.